The van der Waals surface area contributed by atoms with E-state index in [1.807, 2.05) is 0 Å². The van der Waals surface area contributed by atoms with Gasteiger partial charge >= 0.3 is 0 Å². The Balaban J connectivity index is 1.44. The Bertz CT molecular complexity index is 1200. The van der Waals surface area contributed by atoms with Crippen LogP contribution in [0, 0.1) is 29.3 Å². The van der Waals surface area contributed by atoms with Gasteiger partial charge in [0.25, 0.3) is 11.8 Å². The van der Waals surface area contributed by atoms with E-state index in [0.717, 1.165) is 12.8 Å². The normalized spacial score (nSPS) is 25.6. The molecule has 0 radical (unpaired) electrons. The summed E-state index contributed by atoms with van der Waals surface area (Å²) in [6, 6.07) is 0.968. The molecule has 1 aromatic heterocycles. The molecule has 0 unspecified atom stereocenters. The van der Waals surface area contributed by atoms with E-state index in [0.29, 0.717) is 30.5 Å². The highest BCUT2D eigenvalue weighted by atomic mass is 19.1. The van der Waals surface area contributed by atoms with Gasteiger partial charge in [-0.15, -0.1) is 0 Å². The van der Waals surface area contributed by atoms with Crippen LogP contribution in [0.3, 0.4) is 0 Å². The molecule has 2 fully saturated rings. The zero-order chi connectivity index (χ0) is 22.9. The van der Waals surface area contributed by atoms with Crippen molar-refractivity contribution in [2.75, 3.05) is 0 Å². The van der Waals surface area contributed by atoms with Crippen LogP contribution in [0.4, 0.5) is 13.2 Å². The molecule has 4 atom stereocenters. The minimum absolute atomic E-state index is 0.0728. The Morgan fingerprint density at radius 2 is 1.84 bits per heavy atom. The average molecular weight is 447 g/mol. The Kier molecular flexibility index (Phi) is 4.58. The van der Waals surface area contributed by atoms with Gasteiger partial charge in [-0.1, -0.05) is 6.92 Å². The Labute approximate surface area is 180 Å². The molecule has 2 N–H and O–H groups in total. The van der Waals surface area contributed by atoms with Gasteiger partial charge in [0.2, 0.25) is 5.43 Å². The quantitative estimate of drug-likeness (QED) is 0.755. The van der Waals surface area contributed by atoms with E-state index in [1.165, 1.54) is 10.8 Å². The lowest BCUT2D eigenvalue weighted by molar-refractivity contribution is 0.0396. The molecule has 168 valence electrons. The number of hydrogen-bond acceptors (Lipinski definition) is 4. The van der Waals surface area contributed by atoms with Gasteiger partial charge in [0, 0.05) is 43.0 Å². The van der Waals surface area contributed by atoms with Crippen LogP contribution >= 0.6 is 0 Å². The van der Waals surface area contributed by atoms with Gasteiger partial charge in [-0.05, 0) is 24.7 Å². The lowest BCUT2D eigenvalue weighted by Crippen LogP contribution is -2.54. The van der Waals surface area contributed by atoms with Crippen molar-refractivity contribution in [3.8, 4) is 5.75 Å². The molecule has 7 nitrogen and oxygen atoms in total. The Morgan fingerprint density at radius 3 is 2.53 bits per heavy atom. The maximum atomic E-state index is 13.8. The first-order valence-electron chi connectivity index (χ1n) is 10.4. The topological polar surface area (TPSA) is 91.6 Å². The fraction of sp³-hybridized carbons (Fsp3) is 0.409. The number of aromatic hydroxyl groups is 1. The van der Waals surface area contributed by atoms with Crippen molar-refractivity contribution >= 4 is 11.8 Å². The summed E-state index contributed by atoms with van der Waals surface area (Å²) >= 11 is 0. The summed E-state index contributed by atoms with van der Waals surface area (Å²) in [5, 5.41) is 12.7. The first kappa shape index (κ1) is 20.6. The fourth-order valence-corrected chi connectivity index (χ4v) is 5.50. The highest BCUT2D eigenvalue weighted by molar-refractivity contribution is 5.99. The molecule has 10 heteroatoms. The van der Waals surface area contributed by atoms with Gasteiger partial charge in [-0.3, -0.25) is 14.4 Å². The van der Waals surface area contributed by atoms with Crippen molar-refractivity contribution in [1.29, 1.82) is 0 Å². The number of amides is 2. The number of fused-ring (bicyclic) bond motifs is 6. The summed E-state index contributed by atoms with van der Waals surface area (Å²) in [6.45, 7) is 1.79. The van der Waals surface area contributed by atoms with Crippen LogP contribution in [0.1, 0.15) is 46.2 Å². The molecule has 1 saturated heterocycles. The van der Waals surface area contributed by atoms with Crippen molar-refractivity contribution in [2.45, 2.75) is 44.9 Å². The van der Waals surface area contributed by atoms with E-state index in [9.17, 15) is 32.7 Å². The zero-order valence-corrected chi connectivity index (χ0v) is 17.1. The first-order valence-corrected chi connectivity index (χ1v) is 10.4. The highest BCUT2D eigenvalue weighted by Gasteiger charge is 2.54. The fourth-order valence-electron chi connectivity index (χ4n) is 5.50. The molecule has 32 heavy (non-hydrogen) atoms. The number of nitrogens with zero attached hydrogens (tertiary/aromatic N) is 2. The minimum atomic E-state index is -1.18. The largest absolute Gasteiger partial charge is 0.503 e. The van der Waals surface area contributed by atoms with Crippen LogP contribution in [-0.4, -0.2) is 38.5 Å². The molecule has 5 rings (SSSR count). The monoisotopic (exact) mass is 447 g/mol. The van der Waals surface area contributed by atoms with Crippen LogP contribution < -0.4 is 10.7 Å². The zero-order valence-electron chi connectivity index (χ0n) is 17.1. The van der Waals surface area contributed by atoms with Crippen LogP contribution in [-0.2, 0) is 13.1 Å². The number of carbonyl (C=O) groups excluding carboxylic acids is 2. The van der Waals surface area contributed by atoms with Crippen molar-refractivity contribution < 1.29 is 27.9 Å². The molecule has 3 aliphatic rings. The molecular weight excluding hydrogens is 427 g/mol. The summed E-state index contributed by atoms with van der Waals surface area (Å²) < 4.78 is 42.1. The maximum absolute atomic E-state index is 13.8. The lowest BCUT2D eigenvalue weighted by atomic mass is 9.91. The van der Waals surface area contributed by atoms with E-state index in [2.05, 4.69) is 12.2 Å². The minimum Gasteiger partial charge on any atom is -0.503 e. The SMILES string of the molecule is C[C@H]1C[C@@H]2C[C@H]1N1C(=O)c3c(O)c(=O)c(C(=O)NCc4c(F)cc(F)cc4F)cn3C[C@@H]21. The third-order valence-electron chi connectivity index (χ3n) is 6.99. The molecule has 1 aliphatic carbocycles. The molecule has 1 aromatic carbocycles. The predicted molar refractivity (Wildman–Crippen MR) is 105 cm³/mol. The number of hydrogen-bond donors (Lipinski definition) is 2. The molecule has 2 bridgehead atoms. The Hall–Kier alpha value is -3.30. The highest BCUT2D eigenvalue weighted by Crippen LogP contribution is 2.48. The van der Waals surface area contributed by atoms with Crippen LogP contribution in [0.25, 0.3) is 0 Å². The van der Waals surface area contributed by atoms with Gasteiger partial charge in [-0.2, -0.15) is 0 Å². The third-order valence-corrected chi connectivity index (χ3v) is 6.99. The van der Waals surface area contributed by atoms with E-state index in [-0.39, 0.29) is 17.8 Å². The van der Waals surface area contributed by atoms with Crippen molar-refractivity contribution in [3.05, 3.63) is 62.8 Å². The van der Waals surface area contributed by atoms with Crippen LogP contribution in [0.15, 0.2) is 23.1 Å². The number of aromatic nitrogens is 1. The number of halogens is 3. The molecule has 1 saturated carbocycles. The van der Waals surface area contributed by atoms with E-state index >= 15 is 0 Å². The summed E-state index contributed by atoms with van der Waals surface area (Å²) in [4.78, 5) is 40.1. The van der Waals surface area contributed by atoms with E-state index in [1.54, 1.807) is 4.90 Å². The summed E-state index contributed by atoms with van der Waals surface area (Å²) in [5.74, 6) is -5.02. The van der Waals surface area contributed by atoms with E-state index < -0.39 is 58.1 Å². The molecule has 3 heterocycles. The number of nitrogens with one attached hydrogen (secondary N) is 1. The Morgan fingerprint density at radius 1 is 1.16 bits per heavy atom. The predicted octanol–water partition coefficient (Wildman–Crippen LogP) is 2.15. The average Bonchev–Trinajstić information content (AvgIpc) is 3.27. The van der Waals surface area contributed by atoms with Crippen molar-refractivity contribution in [3.63, 3.8) is 0 Å². The summed E-state index contributed by atoms with van der Waals surface area (Å²) in [7, 11) is 0. The smallest absolute Gasteiger partial charge is 0.275 e. The number of benzene rings is 1. The number of piperidine rings is 1. The molecule has 2 aromatic rings. The molecule has 2 amide bonds. The second kappa shape index (κ2) is 7.11. The second-order valence-electron chi connectivity index (χ2n) is 8.81. The van der Waals surface area contributed by atoms with Crippen LogP contribution in [0.5, 0.6) is 5.75 Å². The number of carbonyl (C=O) groups is 2. The van der Waals surface area contributed by atoms with Crippen LogP contribution in [0.2, 0.25) is 0 Å². The number of pyridine rings is 1. The summed E-state index contributed by atoms with van der Waals surface area (Å²) in [6.07, 6.45) is 3.07. The first-order chi connectivity index (χ1) is 15.2. The van der Waals surface area contributed by atoms with Gasteiger partial charge in [0.05, 0.1) is 6.04 Å². The molecule has 0 spiro atoms. The lowest BCUT2D eigenvalue weighted by Gasteiger charge is -2.42. The van der Waals surface area contributed by atoms with Crippen molar-refractivity contribution in [1.82, 2.24) is 14.8 Å². The molecule has 2 aliphatic heterocycles. The van der Waals surface area contributed by atoms with Gasteiger partial charge in [0.15, 0.2) is 11.4 Å². The number of rotatable bonds is 3. The standard InChI is InChI=1S/C22H20F3N3O4/c1-9-2-10-3-16(9)28-17(10)8-27-7-13(19(29)20(30)18(27)22(28)32)21(31)26-6-12-14(24)4-11(23)5-15(12)25/h4-5,7,9-10,16-17,30H,2-3,6,8H2,1H3,(H,26,31)/t9-,10+,16+,17-/m0/s1. The maximum Gasteiger partial charge on any atom is 0.275 e. The van der Waals surface area contributed by atoms with Crippen molar-refractivity contribution in [2.24, 2.45) is 11.8 Å². The molecular formula is C22H20F3N3O4. The summed E-state index contributed by atoms with van der Waals surface area (Å²) in [5.41, 5.74) is -2.22. The second-order valence-corrected chi connectivity index (χ2v) is 8.81. The van der Waals surface area contributed by atoms with Gasteiger partial charge < -0.3 is 19.9 Å². The third kappa shape index (κ3) is 2.92. The van der Waals surface area contributed by atoms with E-state index in [4.69, 9.17) is 0 Å². The van der Waals surface area contributed by atoms with Gasteiger partial charge in [-0.25, -0.2) is 13.2 Å². The van der Waals surface area contributed by atoms with Gasteiger partial charge in [0.1, 0.15) is 23.0 Å².